The van der Waals surface area contributed by atoms with E-state index in [1.807, 2.05) is 13.8 Å². The molecule has 1 fully saturated rings. The van der Waals surface area contributed by atoms with E-state index in [9.17, 15) is 9.90 Å². The topological polar surface area (TPSA) is 40.5 Å². The van der Waals surface area contributed by atoms with E-state index < -0.39 is 0 Å². The molecule has 0 saturated carbocycles. The number of Topliss-reactive ketones (excluding diaryl/α,β-unsaturated/α-hetero) is 1. The monoisotopic (exact) mass is 185 g/mol. The number of nitrogens with zero attached hydrogens (tertiary/aromatic N) is 1. The summed E-state index contributed by atoms with van der Waals surface area (Å²) in [7, 11) is 0. The van der Waals surface area contributed by atoms with Gasteiger partial charge >= 0.3 is 0 Å². The lowest BCUT2D eigenvalue weighted by Crippen LogP contribution is -2.29. The van der Waals surface area contributed by atoms with E-state index in [4.69, 9.17) is 0 Å². The minimum atomic E-state index is -0.235. The normalized spacial score (nSPS) is 26.2. The van der Waals surface area contributed by atoms with Crippen LogP contribution in [-0.4, -0.2) is 41.5 Å². The molecule has 1 heterocycles. The van der Waals surface area contributed by atoms with Crippen molar-refractivity contribution in [2.45, 2.75) is 32.8 Å². The van der Waals surface area contributed by atoms with Crippen molar-refractivity contribution in [2.75, 3.05) is 19.6 Å². The first-order valence-electron chi connectivity index (χ1n) is 5.05. The molecular formula is C10H19NO2. The SMILES string of the molecule is CCC(=O)CN1CCC(C(C)O)C1. The van der Waals surface area contributed by atoms with Crippen molar-refractivity contribution in [1.82, 2.24) is 4.90 Å². The Balaban J connectivity index is 2.29. The predicted molar refractivity (Wildman–Crippen MR) is 51.5 cm³/mol. The Labute approximate surface area is 79.7 Å². The lowest BCUT2D eigenvalue weighted by Gasteiger charge is -2.15. The Bertz CT molecular complexity index is 180. The van der Waals surface area contributed by atoms with Gasteiger partial charge in [-0.3, -0.25) is 9.69 Å². The summed E-state index contributed by atoms with van der Waals surface area (Å²) in [6, 6.07) is 0. The van der Waals surface area contributed by atoms with Gasteiger partial charge in [0.2, 0.25) is 0 Å². The van der Waals surface area contributed by atoms with Gasteiger partial charge in [0.1, 0.15) is 5.78 Å². The van der Waals surface area contributed by atoms with Gasteiger partial charge in [0, 0.05) is 13.0 Å². The van der Waals surface area contributed by atoms with Gasteiger partial charge in [0.05, 0.1) is 12.6 Å². The minimum absolute atomic E-state index is 0.235. The van der Waals surface area contributed by atoms with Crippen molar-refractivity contribution in [3.8, 4) is 0 Å². The summed E-state index contributed by atoms with van der Waals surface area (Å²) in [5.74, 6) is 0.663. The molecule has 2 atom stereocenters. The maximum absolute atomic E-state index is 11.1. The van der Waals surface area contributed by atoms with Gasteiger partial charge in [0.25, 0.3) is 0 Å². The van der Waals surface area contributed by atoms with Crippen LogP contribution in [0.3, 0.4) is 0 Å². The fraction of sp³-hybridized carbons (Fsp3) is 0.900. The Morgan fingerprint density at radius 1 is 1.69 bits per heavy atom. The van der Waals surface area contributed by atoms with Gasteiger partial charge in [-0.05, 0) is 25.8 Å². The lowest BCUT2D eigenvalue weighted by atomic mass is 10.0. The van der Waals surface area contributed by atoms with Gasteiger partial charge in [0.15, 0.2) is 0 Å². The Hall–Kier alpha value is -0.410. The molecule has 1 rings (SSSR count). The van der Waals surface area contributed by atoms with Crippen molar-refractivity contribution in [2.24, 2.45) is 5.92 Å². The van der Waals surface area contributed by atoms with E-state index in [1.165, 1.54) is 0 Å². The number of likely N-dealkylation sites (tertiary alicyclic amines) is 1. The molecule has 0 spiro atoms. The highest BCUT2D eigenvalue weighted by atomic mass is 16.3. The summed E-state index contributed by atoms with van der Waals surface area (Å²) in [6.45, 7) is 6.13. The van der Waals surface area contributed by atoms with Crippen LogP contribution in [0.4, 0.5) is 0 Å². The number of carbonyl (C=O) groups is 1. The molecule has 13 heavy (non-hydrogen) atoms. The second kappa shape index (κ2) is 4.72. The smallest absolute Gasteiger partial charge is 0.146 e. The van der Waals surface area contributed by atoms with Crippen molar-refractivity contribution < 1.29 is 9.90 Å². The second-order valence-electron chi connectivity index (χ2n) is 3.92. The van der Waals surface area contributed by atoms with Gasteiger partial charge in [-0.1, -0.05) is 6.92 Å². The maximum atomic E-state index is 11.1. The van der Waals surface area contributed by atoms with Gasteiger partial charge < -0.3 is 5.11 Å². The number of aliphatic hydroxyl groups excluding tert-OH is 1. The predicted octanol–water partition coefficient (Wildman–Crippen LogP) is 0.668. The zero-order valence-corrected chi connectivity index (χ0v) is 8.49. The standard InChI is InChI=1S/C10H19NO2/c1-3-10(13)7-11-5-4-9(6-11)8(2)12/h8-9,12H,3-7H2,1-2H3. The number of carbonyl (C=O) groups excluding carboxylic acids is 1. The van der Waals surface area contributed by atoms with Crippen LogP contribution in [0.5, 0.6) is 0 Å². The molecule has 0 bridgehead atoms. The quantitative estimate of drug-likeness (QED) is 0.699. The first-order valence-corrected chi connectivity index (χ1v) is 5.05. The molecule has 0 aromatic carbocycles. The van der Waals surface area contributed by atoms with E-state index in [-0.39, 0.29) is 6.10 Å². The molecule has 0 aromatic heterocycles. The van der Waals surface area contributed by atoms with Crippen LogP contribution >= 0.6 is 0 Å². The molecule has 3 nitrogen and oxygen atoms in total. The molecule has 1 saturated heterocycles. The molecule has 1 N–H and O–H groups in total. The summed E-state index contributed by atoms with van der Waals surface area (Å²) in [4.78, 5) is 13.3. The third kappa shape index (κ3) is 3.08. The van der Waals surface area contributed by atoms with Crippen LogP contribution in [0.15, 0.2) is 0 Å². The number of hydrogen-bond acceptors (Lipinski definition) is 3. The Morgan fingerprint density at radius 3 is 2.85 bits per heavy atom. The van der Waals surface area contributed by atoms with Crippen LogP contribution < -0.4 is 0 Å². The van der Waals surface area contributed by atoms with E-state index in [2.05, 4.69) is 4.90 Å². The lowest BCUT2D eigenvalue weighted by molar-refractivity contribution is -0.119. The molecule has 76 valence electrons. The molecule has 0 aromatic rings. The third-order valence-corrected chi connectivity index (χ3v) is 2.79. The highest BCUT2D eigenvalue weighted by Crippen LogP contribution is 2.19. The number of aliphatic hydroxyl groups is 1. The number of hydrogen-bond donors (Lipinski definition) is 1. The van der Waals surface area contributed by atoms with Crippen LogP contribution in [0.2, 0.25) is 0 Å². The fourth-order valence-electron chi connectivity index (χ4n) is 1.76. The average molecular weight is 185 g/mol. The van der Waals surface area contributed by atoms with Crippen molar-refractivity contribution in [3.63, 3.8) is 0 Å². The highest BCUT2D eigenvalue weighted by Gasteiger charge is 2.26. The summed E-state index contributed by atoms with van der Waals surface area (Å²) in [6.07, 6.45) is 1.41. The van der Waals surface area contributed by atoms with Crippen molar-refractivity contribution in [1.29, 1.82) is 0 Å². The van der Waals surface area contributed by atoms with Crippen molar-refractivity contribution >= 4 is 5.78 Å². The number of ketones is 1. The first-order chi connectivity index (χ1) is 6.13. The van der Waals surface area contributed by atoms with E-state index in [1.54, 1.807) is 0 Å². The first kappa shape index (κ1) is 10.7. The Kier molecular flexibility index (Phi) is 3.88. The molecular weight excluding hydrogens is 166 g/mol. The van der Waals surface area contributed by atoms with E-state index >= 15 is 0 Å². The molecule has 2 unspecified atom stereocenters. The van der Waals surface area contributed by atoms with Crippen LogP contribution in [0.1, 0.15) is 26.7 Å². The summed E-state index contributed by atoms with van der Waals surface area (Å²) in [5, 5.41) is 9.35. The molecule has 0 radical (unpaired) electrons. The summed E-state index contributed by atoms with van der Waals surface area (Å²) < 4.78 is 0. The zero-order valence-electron chi connectivity index (χ0n) is 8.49. The molecule has 1 aliphatic rings. The number of rotatable bonds is 4. The van der Waals surface area contributed by atoms with Gasteiger partial charge in [-0.2, -0.15) is 0 Å². The molecule has 0 aliphatic carbocycles. The summed E-state index contributed by atoms with van der Waals surface area (Å²) in [5.41, 5.74) is 0. The van der Waals surface area contributed by atoms with E-state index in [0.29, 0.717) is 24.7 Å². The Morgan fingerprint density at radius 2 is 2.38 bits per heavy atom. The molecule has 1 aliphatic heterocycles. The largest absolute Gasteiger partial charge is 0.393 e. The van der Waals surface area contributed by atoms with Gasteiger partial charge in [-0.15, -0.1) is 0 Å². The highest BCUT2D eigenvalue weighted by molar-refractivity contribution is 5.80. The summed E-state index contributed by atoms with van der Waals surface area (Å²) >= 11 is 0. The van der Waals surface area contributed by atoms with Crippen LogP contribution in [0.25, 0.3) is 0 Å². The van der Waals surface area contributed by atoms with Crippen molar-refractivity contribution in [3.05, 3.63) is 0 Å². The molecule has 0 amide bonds. The van der Waals surface area contributed by atoms with E-state index in [0.717, 1.165) is 19.5 Å². The minimum Gasteiger partial charge on any atom is -0.393 e. The fourth-order valence-corrected chi connectivity index (χ4v) is 1.76. The van der Waals surface area contributed by atoms with Gasteiger partial charge in [-0.25, -0.2) is 0 Å². The van der Waals surface area contributed by atoms with Crippen LogP contribution in [0, 0.1) is 5.92 Å². The second-order valence-corrected chi connectivity index (χ2v) is 3.92. The average Bonchev–Trinajstić information content (AvgIpc) is 2.52. The molecule has 3 heteroatoms. The maximum Gasteiger partial charge on any atom is 0.146 e. The third-order valence-electron chi connectivity index (χ3n) is 2.79. The zero-order chi connectivity index (χ0) is 9.84. The van der Waals surface area contributed by atoms with Crippen LogP contribution in [-0.2, 0) is 4.79 Å².